The fraction of sp³-hybridized carbons (Fsp3) is 0.522. The van der Waals surface area contributed by atoms with Gasteiger partial charge in [0.15, 0.2) is 5.83 Å². The van der Waals surface area contributed by atoms with E-state index in [1.165, 1.54) is 49.0 Å². The fourth-order valence-electron chi connectivity index (χ4n) is 3.38. The molecule has 0 saturated heterocycles. The summed E-state index contributed by atoms with van der Waals surface area (Å²) in [7, 11) is 0. The Balaban J connectivity index is 1.67. The van der Waals surface area contributed by atoms with Crippen molar-refractivity contribution in [2.45, 2.75) is 71.0 Å². The first-order valence-corrected chi connectivity index (χ1v) is 9.84. The first kappa shape index (κ1) is 20.4. The molecule has 0 heterocycles. The number of hydrogen-bond donors (Lipinski definition) is 0. The zero-order valence-electron chi connectivity index (χ0n) is 15.8. The zero-order valence-corrected chi connectivity index (χ0v) is 15.8. The van der Waals surface area contributed by atoms with Gasteiger partial charge in [-0.05, 0) is 61.6 Å². The SMILES string of the molecule is CCCCCc1ccc(COC2CCC(C=CC=C(F)C#N)CC2)cc1. The molecule has 0 bridgehead atoms. The van der Waals surface area contributed by atoms with Crippen molar-refractivity contribution < 1.29 is 9.13 Å². The Morgan fingerprint density at radius 2 is 1.85 bits per heavy atom. The molecule has 1 aromatic carbocycles. The molecule has 2 nitrogen and oxygen atoms in total. The second-order valence-electron chi connectivity index (χ2n) is 7.13. The van der Waals surface area contributed by atoms with Gasteiger partial charge >= 0.3 is 0 Å². The van der Waals surface area contributed by atoms with Gasteiger partial charge in [-0.25, -0.2) is 0 Å². The van der Waals surface area contributed by atoms with Gasteiger partial charge in [-0.3, -0.25) is 0 Å². The summed E-state index contributed by atoms with van der Waals surface area (Å²) in [5, 5.41) is 8.38. The van der Waals surface area contributed by atoms with Gasteiger partial charge in [0.05, 0.1) is 12.7 Å². The van der Waals surface area contributed by atoms with Crippen LogP contribution in [0.4, 0.5) is 4.39 Å². The average molecular weight is 355 g/mol. The summed E-state index contributed by atoms with van der Waals surface area (Å²) < 4.78 is 18.8. The van der Waals surface area contributed by atoms with Gasteiger partial charge in [0.2, 0.25) is 0 Å². The number of nitrogens with zero attached hydrogens (tertiary/aromatic N) is 1. The third kappa shape index (κ3) is 7.54. The number of unbranched alkanes of at least 4 members (excludes halogenated alkanes) is 2. The van der Waals surface area contributed by atoms with Gasteiger partial charge in [0.25, 0.3) is 0 Å². The molecule has 1 aromatic rings. The van der Waals surface area contributed by atoms with Crippen LogP contribution in [0.3, 0.4) is 0 Å². The lowest BCUT2D eigenvalue weighted by Gasteiger charge is -2.26. The van der Waals surface area contributed by atoms with Crippen LogP contribution >= 0.6 is 0 Å². The number of ether oxygens (including phenoxy) is 1. The summed E-state index contributed by atoms with van der Waals surface area (Å²) in [6.07, 6.45) is 14.4. The maximum absolute atomic E-state index is 12.7. The van der Waals surface area contributed by atoms with Crippen LogP contribution in [0.1, 0.15) is 63.0 Å². The van der Waals surface area contributed by atoms with Crippen LogP contribution in [0.5, 0.6) is 0 Å². The monoisotopic (exact) mass is 355 g/mol. The predicted octanol–water partition coefficient (Wildman–Crippen LogP) is 6.43. The summed E-state index contributed by atoms with van der Waals surface area (Å²) in [5.41, 5.74) is 2.65. The number of hydrogen-bond acceptors (Lipinski definition) is 2. The Kier molecular flexibility index (Phi) is 9.14. The van der Waals surface area contributed by atoms with Gasteiger partial charge in [-0.1, -0.05) is 56.2 Å². The molecule has 0 aliphatic heterocycles. The molecule has 1 saturated carbocycles. The molecule has 0 spiro atoms. The standard InChI is InChI=1S/C23H30FNO/c1-2-3-4-6-19-9-11-21(12-10-19)18-26-23-15-13-20(14-16-23)7-5-8-22(24)17-25/h5,7-12,20,23H,2-4,6,13-16,18H2,1H3. The van der Waals surface area contributed by atoms with Crippen molar-refractivity contribution in [2.24, 2.45) is 5.92 Å². The number of benzene rings is 1. The van der Waals surface area contributed by atoms with Crippen molar-refractivity contribution in [3.63, 3.8) is 0 Å². The van der Waals surface area contributed by atoms with Crippen LogP contribution in [-0.4, -0.2) is 6.10 Å². The number of aryl methyl sites for hydroxylation is 1. The van der Waals surface area contributed by atoms with Crippen LogP contribution in [0.15, 0.2) is 48.3 Å². The maximum Gasteiger partial charge on any atom is 0.199 e. The Bertz CT molecular complexity index is 619. The van der Waals surface area contributed by atoms with Crippen molar-refractivity contribution in [1.82, 2.24) is 0 Å². The second kappa shape index (κ2) is 11.6. The van der Waals surface area contributed by atoms with E-state index in [1.54, 1.807) is 6.08 Å². The average Bonchev–Trinajstić information content (AvgIpc) is 2.68. The predicted molar refractivity (Wildman–Crippen MR) is 104 cm³/mol. The quantitative estimate of drug-likeness (QED) is 0.290. The molecule has 0 amide bonds. The maximum atomic E-state index is 12.7. The summed E-state index contributed by atoms with van der Waals surface area (Å²) >= 11 is 0. The molecule has 0 N–H and O–H groups in total. The first-order chi connectivity index (χ1) is 12.7. The van der Waals surface area contributed by atoms with Gasteiger partial charge in [-0.2, -0.15) is 9.65 Å². The van der Waals surface area contributed by atoms with Crippen molar-refractivity contribution in [1.29, 1.82) is 5.26 Å². The molecule has 0 aromatic heterocycles. The van der Waals surface area contributed by atoms with E-state index in [1.807, 2.05) is 6.08 Å². The van der Waals surface area contributed by atoms with Gasteiger partial charge in [0.1, 0.15) is 6.07 Å². The molecule has 1 fully saturated rings. The number of halogens is 1. The van der Waals surface area contributed by atoms with E-state index in [4.69, 9.17) is 10.00 Å². The van der Waals surface area contributed by atoms with E-state index in [-0.39, 0.29) is 0 Å². The van der Waals surface area contributed by atoms with Crippen molar-refractivity contribution in [3.8, 4) is 6.07 Å². The van der Waals surface area contributed by atoms with E-state index >= 15 is 0 Å². The highest BCUT2D eigenvalue weighted by Gasteiger charge is 2.19. The van der Waals surface area contributed by atoms with Crippen molar-refractivity contribution in [2.75, 3.05) is 0 Å². The fourth-order valence-corrected chi connectivity index (χ4v) is 3.38. The highest BCUT2D eigenvalue weighted by Crippen LogP contribution is 2.28. The Hall–Kier alpha value is -1.92. The Labute approximate surface area is 157 Å². The first-order valence-electron chi connectivity index (χ1n) is 9.84. The van der Waals surface area contributed by atoms with E-state index in [0.717, 1.165) is 25.7 Å². The molecule has 1 aliphatic carbocycles. The summed E-state index contributed by atoms with van der Waals surface area (Å²) in [5.74, 6) is -0.283. The summed E-state index contributed by atoms with van der Waals surface area (Å²) in [6, 6.07) is 10.3. The lowest BCUT2D eigenvalue weighted by atomic mass is 9.87. The Morgan fingerprint density at radius 1 is 1.15 bits per heavy atom. The number of allylic oxidation sites excluding steroid dienone is 4. The molecule has 26 heavy (non-hydrogen) atoms. The third-order valence-electron chi connectivity index (χ3n) is 5.03. The number of rotatable bonds is 9. The highest BCUT2D eigenvalue weighted by atomic mass is 19.1. The van der Waals surface area contributed by atoms with Crippen LogP contribution < -0.4 is 0 Å². The summed E-state index contributed by atoms with van der Waals surface area (Å²) in [4.78, 5) is 0. The normalized spacial score (nSPS) is 21.0. The van der Waals surface area contributed by atoms with Crippen LogP contribution in [-0.2, 0) is 17.8 Å². The van der Waals surface area contributed by atoms with E-state index in [9.17, 15) is 4.39 Å². The van der Waals surface area contributed by atoms with Crippen molar-refractivity contribution >= 4 is 0 Å². The molecule has 1 aliphatic rings. The lowest BCUT2D eigenvalue weighted by Crippen LogP contribution is -2.20. The summed E-state index contributed by atoms with van der Waals surface area (Å²) in [6.45, 7) is 2.91. The van der Waals surface area contributed by atoms with Gasteiger partial charge < -0.3 is 4.74 Å². The molecule has 2 rings (SSSR count). The lowest BCUT2D eigenvalue weighted by molar-refractivity contribution is 0.0110. The smallest absolute Gasteiger partial charge is 0.199 e. The molecule has 140 valence electrons. The number of nitriles is 1. The van der Waals surface area contributed by atoms with E-state index < -0.39 is 5.83 Å². The zero-order chi connectivity index (χ0) is 18.6. The molecule has 0 unspecified atom stereocenters. The van der Waals surface area contributed by atoms with Crippen LogP contribution in [0.25, 0.3) is 0 Å². The van der Waals surface area contributed by atoms with Gasteiger partial charge in [-0.15, -0.1) is 0 Å². The molecule has 3 heteroatoms. The van der Waals surface area contributed by atoms with Crippen LogP contribution in [0.2, 0.25) is 0 Å². The minimum absolute atomic E-state index is 0.315. The molecule has 0 atom stereocenters. The minimum Gasteiger partial charge on any atom is -0.374 e. The van der Waals surface area contributed by atoms with Crippen molar-refractivity contribution in [3.05, 3.63) is 59.4 Å². The van der Waals surface area contributed by atoms with E-state index in [0.29, 0.717) is 18.6 Å². The molecule has 0 radical (unpaired) electrons. The highest BCUT2D eigenvalue weighted by molar-refractivity contribution is 5.22. The minimum atomic E-state index is -0.741. The molecular formula is C23H30FNO. The third-order valence-corrected chi connectivity index (χ3v) is 5.03. The topological polar surface area (TPSA) is 33.0 Å². The van der Waals surface area contributed by atoms with Crippen LogP contribution in [0, 0.1) is 17.2 Å². The molecular weight excluding hydrogens is 325 g/mol. The van der Waals surface area contributed by atoms with E-state index in [2.05, 4.69) is 31.2 Å². The Morgan fingerprint density at radius 3 is 2.50 bits per heavy atom. The largest absolute Gasteiger partial charge is 0.374 e. The van der Waals surface area contributed by atoms with Gasteiger partial charge in [0, 0.05) is 0 Å². The second-order valence-corrected chi connectivity index (χ2v) is 7.13.